The van der Waals surface area contributed by atoms with Crippen molar-refractivity contribution >= 4 is 34.1 Å². The minimum Gasteiger partial charge on any atom is -0.360 e. The van der Waals surface area contributed by atoms with E-state index in [2.05, 4.69) is 36.3 Å². The van der Waals surface area contributed by atoms with E-state index in [9.17, 15) is 4.79 Å². The summed E-state index contributed by atoms with van der Waals surface area (Å²) in [5.74, 6) is 2.02. The van der Waals surface area contributed by atoms with E-state index in [1.54, 1.807) is 0 Å². The summed E-state index contributed by atoms with van der Waals surface area (Å²) in [7, 11) is 1.94. The number of nitrogens with zero attached hydrogens (tertiary/aromatic N) is 3. The van der Waals surface area contributed by atoms with E-state index in [1.807, 2.05) is 11.9 Å². The number of nitrogens with one attached hydrogen (secondary N) is 1. The number of carbonyl (C=O) groups is 1. The van der Waals surface area contributed by atoms with Crippen molar-refractivity contribution in [1.82, 2.24) is 15.1 Å². The lowest BCUT2D eigenvalue weighted by atomic mass is 9.87. The van der Waals surface area contributed by atoms with E-state index in [-0.39, 0.29) is 5.91 Å². The van der Waals surface area contributed by atoms with Crippen molar-refractivity contribution < 1.29 is 4.79 Å². The van der Waals surface area contributed by atoms with Gasteiger partial charge in [-0.1, -0.05) is 43.9 Å². The van der Waals surface area contributed by atoms with Crippen molar-refractivity contribution in [1.29, 1.82) is 0 Å². The van der Waals surface area contributed by atoms with Crippen LogP contribution in [0.15, 0.2) is 4.34 Å². The van der Waals surface area contributed by atoms with Crippen molar-refractivity contribution in [2.75, 3.05) is 24.7 Å². The maximum absolute atomic E-state index is 12.4. The summed E-state index contributed by atoms with van der Waals surface area (Å²) in [5, 5.41) is 12.4. The summed E-state index contributed by atoms with van der Waals surface area (Å²) in [6.45, 7) is 7.50. The molecule has 1 fully saturated rings. The van der Waals surface area contributed by atoms with E-state index in [0.29, 0.717) is 17.7 Å². The van der Waals surface area contributed by atoms with Crippen LogP contribution in [0.25, 0.3) is 0 Å². The Kier molecular flexibility index (Phi) is 7.14. The van der Waals surface area contributed by atoms with Crippen molar-refractivity contribution in [2.45, 2.75) is 56.8 Å². The summed E-state index contributed by atoms with van der Waals surface area (Å²) >= 11 is 3.01. The third-order valence-corrected chi connectivity index (χ3v) is 6.31. The zero-order chi connectivity index (χ0) is 16.8. The zero-order valence-corrected chi connectivity index (χ0v) is 16.2. The van der Waals surface area contributed by atoms with Crippen LogP contribution in [-0.2, 0) is 4.79 Å². The highest BCUT2D eigenvalue weighted by atomic mass is 32.2. The second-order valence-electron chi connectivity index (χ2n) is 6.85. The molecule has 0 bridgehead atoms. The van der Waals surface area contributed by atoms with Gasteiger partial charge in [-0.25, -0.2) is 0 Å². The molecule has 0 aliphatic heterocycles. The first-order valence-electron chi connectivity index (χ1n) is 8.41. The molecule has 0 unspecified atom stereocenters. The summed E-state index contributed by atoms with van der Waals surface area (Å²) < 4.78 is 0.857. The summed E-state index contributed by atoms with van der Waals surface area (Å²) in [5.41, 5.74) is 0. The molecule has 1 amide bonds. The molecule has 1 heterocycles. The highest BCUT2D eigenvalue weighted by Gasteiger charge is 2.24. The lowest BCUT2D eigenvalue weighted by Crippen LogP contribution is -2.40. The highest BCUT2D eigenvalue weighted by molar-refractivity contribution is 8.01. The maximum Gasteiger partial charge on any atom is 0.233 e. The molecule has 0 atom stereocenters. The molecule has 0 saturated heterocycles. The fourth-order valence-corrected chi connectivity index (χ4v) is 4.37. The number of rotatable bonds is 7. The van der Waals surface area contributed by atoms with E-state index in [4.69, 9.17) is 0 Å². The second-order valence-corrected chi connectivity index (χ2v) is 9.05. The quantitative estimate of drug-likeness (QED) is 0.754. The number of hydrogen-bond acceptors (Lipinski definition) is 6. The Balaban J connectivity index is 1.75. The summed E-state index contributed by atoms with van der Waals surface area (Å²) in [6, 6.07) is 0.414. The van der Waals surface area contributed by atoms with Gasteiger partial charge in [-0.2, -0.15) is 0 Å². The molecule has 1 aliphatic carbocycles. The SMILES string of the molecule is CC(C)CNc1nnc(SCC(=O)N(C)C2CCC(C)CC2)s1. The zero-order valence-electron chi connectivity index (χ0n) is 14.5. The largest absolute Gasteiger partial charge is 0.360 e. The third-order valence-electron chi connectivity index (χ3n) is 4.31. The van der Waals surface area contributed by atoms with Crippen molar-refractivity contribution in [3.05, 3.63) is 0 Å². The Labute approximate surface area is 147 Å². The van der Waals surface area contributed by atoms with Gasteiger partial charge in [0.05, 0.1) is 5.75 Å². The molecule has 2 rings (SSSR count). The van der Waals surface area contributed by atoms with Gasteiger partial charge in [0.15, 0.2) is 4.34 Å². The van der Waals surface area contributed by atoms with E-state index < -0.39 is 0 Å². The van der Waals surface area contributed by atoms with Crippen molar-refractivity contribution in [3.8, 4) is 0 Å². The first-order valence-corrected chi connectivity index (χ1v) is 10.2. The lowest BCUT2D eigenvalue weighted by Gasteiger charge is -2.33. The molecule has 130 valence electrons. The molecule has 1 aromatic heterocycles. The number of carbonyl (C=O) groups excluding carboxylic acids is 1. The van der Waals surface area contributed by atoms with Gasteiger partial charge in [0, 0.05) is 19.6 Å². The fourth-order valence-electron chi connectivity index (χ4n) is 2.69. The molecular weight excluding hydrogens is 328 g/mol. The van der Waals surface area contributed by atoms with Crippen LogP contribution in [0, 0.1) is 11.8 Å². The van der Waals surface area contributed by atoms with Crippen molar-refractivity contribution in [3.63, 3.8) is 0 Å². The molecule has 1 aromatic rings. The minimum absolute atomic E-state index is 0.196. The van der Waals surface area contributed by atoms with Crippen LogP contribution in [0.5, 0.6) is 0 Å². The average Bonchev–Trinajstić information content (AvgIpc) is 2.98. The molecule has 0 aromatic carbocycles. The first-order chi connectivity index (χ1) is 11.0. The van der Waals surface area contributed by atoms with Crippen LogP contribution in [0.4, 0.5) is 5.13 Å². The van der Waals surface area contributed by atoms with Crippen LogP contribution < -0.4 is 5.32 Å². The van der Waals surface area contributed by atoms with Crippen LogP contribution in [0.1, 0.15) is 46.5 Å². The van der Waals surface area contributed by atoms with Gasteiger partial charge in [-0.05, 0) is 37.5 Å². The monoisotopic (exact) mass is 356 g/mol. The third kappa shape index (κ3) is 5.95. The summed E-state index contributed by atoms with van der Waals surface area (Å²) in [6.07, 6.45) is 4.74. The van der Waals surface area contributed by atoms with E-state index in [0.717, 1.165) is 34.8 Å². The molecule has 0 radical (unpaired) electrons. The van der Waals surface area contributed by atoms with Gasteiger partial charge < -0.3 is 10.2 Å². The Hall–Kier alpha value is -0.820. The predicted octanol–water partition coefficient (Wildman–Crippen LogP) is 3.74. The fraction of sp³-hybridized carbons (Fsp3) is 0.812. The number of amides is 1. The molecule has 7 heteroatoms. The molecule has 1 N–H and O–H groups in total. The Morgan fingerprint density at radius 2 is 2.04 bits per heavy atom. The lowest BCUT2D eigenvalue weighted by molar-refractivity contribution is -0.129. The van der Waals surface area contributed by atoms with Crippen LogP contribution >= 0.6 is 23.1 Å². The topological polar surface area (TPSA) is 58.1 Å². The molecule has 5 nitrogen and oxygen atoms in total. The summed E-state index contributed by atoms with van der Waals surface area (Å²) in [4.78, 5) is 14.3. The number of aromatic nitrogens is 2. The standard InChI is InChI=1S/C16H28N4OS2/c1-11(2)9-17-15-18-19-16(23-15)22-10-14(21)20(4)13-7-5-12(3)6-8-13/h11-13H,5-10H2,1-4H3,(H,17,18). The van der Waals surface area contributed by atoms with Gasteiger partial charge in [0.1, 0.15) is 0 Å². The second kappa shape index (κ2) is 8.87. The Morgan fingerprint density at radius 3 is 2.70 bits per heavy atom. The number of thioether (sulfide) groups is 1. The van der Waals surface area contributed by atoms with Crippen LogP contribution in [0.2, 0.25) is 0 Å². The predicted molar refractivity (Wildman–Crippen MR) is 98.2 cm³/mol. The Morgan fingerprint density at radius 1 is 1.35 bits per heavy atom. The molecular formula is C16H28N4OS2. The van der Waals surface area contributed by atoms with E-state index in [1.165, 1.54) is 35.9 Å². The van der Waals surface area contributed by atoms with Crippen molar-refractivity contribution in [2.24, 2.45) is 11.8 Å². The molecule has 1 aliphatic rings. The Bertz CT molecular complexity index is 498. The van der Waals surface area contributed by atoms with Gasteiger partial charge >= 0.3 is 0 Å². The van der Waals surface area contributed by atoms with Gasteiger partial charge in [-0.15, -0.1) is 10.2 Å². The molecule has 1 saturated carbocycles. The number of hydrogen-bond donors (Lipinski definition) is 1. The van der Waals surface area contributed by atoms with E-state index >= 15 is 0 Å². The normalized spacial score (nSPS) is 21.4. The minimum atomic E-state index is 0.196. The molecule has 23 heavy (non-hydrogen) atoms. The van der Waals surface area contributed by atoms with Gasteiger partial charge in [0.25, 0.3) is 0 Å². The van der Waals surface area contributed by atoms with Gasteiger partial charge in [-0.3, -0.25) is 4.79 Å². The van der Waals surface area contributed by atoms with Gasteiger partial charge in [0.2, 0.25) is 11.0 Å². The first kappa shape index (κ1) is 18.5. The van der Waals surface area contributed by atoms with Crippen LogP contribution in [0.3, 0.4) is 0 Å². The number of anilines is 1. The van der Waals surface area contributed by atoms with Crippen LogP contribution in [-0.4, -0.2) is 46.4 Å². The average molecular weight is 357 g/mol. The molecule has 0 spiro atoms. The maximum atomic E-state index is 12.4. The smallest absolute Gasteiger partial charge is 0.233 e. The highest BCUT2D eigenvalue weighted by Crippen LogP contribution is 2.28.